The molecule has 0 aliphatic rings. The first-order chi connectivity index (χ1) is 8.72. The quantitative estimate of drug-likeness (QED) is 0.739. The van der Waals surface area contributed by atoms with Crippen LogP contribution in [0.5, 0.6) is 0 Å². The van der Waals surface area contributed by atoms with Gasteiger partial charge in [-0.1, -0.05) is 38.1 Å². The molecule has 2 heteroatoms. The van der Waals surface area contributed by atoms with E-state index in [-0.39, 0.29) is 11.0 Å². The predicted octanol–water partition coefficient (Wildman–Crippen LogP) is 3.38. The van der Waals surface area contributed by atoms with Crippen LogP contribution in [0.25, 0.3) is 0 Å². The van der Waals surface area contributed by atoms with Gasteiger partial charge in [0.1, 0.15) is 0 Å². The molecule has 1 aromatic carbocycles. The lowest BCUT2D eigenvalue weighted by Gasteiger charge is -2.28. The minimum absolute atomic E-state index is 0.0484. The zero-order valence-electron chi connectivity index (χ0n) is 13.2. The Bertz CT molecular complexity index is 388. The van der Waals surface area contributed by atoms with Crippen molar-refractivity contribution in [3.8, 4) is 0 Å². The van der Waals surface area contributed by atoms with E-state index < -0.39 is 0 Å². The number of nitrogens with two attached hydrogens (primary N) is 1. The van der Waals surface area contributed by atoms with Crippen LogP contribution < -0.4 is 11.1 Å². The van der Waals surface area contributed by atoms with E-state index in [1.165, 1.54) is 11.1 Å². The molecule has 0 bridgehead atoms. The Labute approximate surface area is 118 Å². The SMILES string of the molecule is Cc1ccccc1C(C)(C)CNCCCC(C)(C)N. The predicted molar refractivity (Wildman–Crippen MR) is 84.6 cm³/mol. The number of nitrogens with one attached hydrogen (secondary N) is 1. The molecule has 0 atom stereocenters. The van der Waals surface area contributed by atoms with Gasteiger partial charge in [0, 0.05) is 17.5 Å². The standard InChI is InChI=1S/C17H30N2/c1-14-9-6-7-10-15(14)16(2,3)13-19-12-8-11-17(4,5)18/h6-7,9-10,19H,8,11-13,18H2,1-5H3. The zero-order valence-corrected chi connectivity index (χ0v) is 13.2. The van der Waals surface area contributed by atoms with E-state index in [4.69, 9.17) is 5.73 Å². The van der Waals surface area contributed by atoms with Gasteiger partial charge < -0.3 is 11.1 Å². The fourth-order valence-corrected chi connectivity index (χ4v) is 2.50. The van der Waals surface area contributed by atoms with Crippen molar-refractivity contribution in [2.75, 3.05) is 13.1 Å². The van der Waals surface area contributed by atoms with E-state index in [1.807, 2.05) is 0 Å². The second-order valence-electron chi connectivity index (χ2n) is 6.97. The summed E-state index contributed by atoms with van der Waals surface area (Å²) in [6.45, 7) is 13.0. The van der Waals surface area contributed by atoms with Crippen molar-refractivity contribution in [1.82, 2.24) is 5.32 Å². The molecule has 0 saturated heterocycles. The maximum atomic E-state index is 5.99. The van der Waals surface area contributed by atoms with Crippen LogP contribution in [-0.4, -0.2) is 18.6 Å². The van der Waals surface area contributed by atoms with Gasteiger partial charge in [0.25, 0.3) is 0 Å². The van der Waals surface area contributed by atoms with Gasteiger partial charge in [-0.2, -0.15) is 0 Å². The van der Waals surface area contributed by atoms with Crippen molar-refractivity contribution in [1.29, 1.82) is 0 Å². The highest BCUT2D eigenvalue weighted by Crippen LogP contribution is 2.25. The smallest absolute Gasteiger partial charge is 0.00975 e. The monoisotopic (exact) mass is 262 g/mol. The van der Waals surface area contributed by atoms with Crippen LogP contribution in [0.3, 0.4) is 0 Å². The fraction of sp³-hybridized carbons (Fsp3) is 0.647. The molecule has 108 valence electrons. The van der Waals surface area contributed by atoms with E-state index in [2.05, 4.69) is 64.2 Å². The molecule has 3 N–H and O–H groups in total. The number of hydrogen-bond acceptors (Lipinski definition) is 2. The summed E-state index contributed by atoms with van der Waals surface area (Å²) >= 11 is 0. The van der Waals surface area contributed by atoms with Crippen molar-refractivity contribution in [2.24, 2.45) is 5.73 Å². The second kappa shape index (κ2) is 6.53. The first kappa shape index (κ1) is 16.2. The first-order valence-electron chi connectivity index (χ1n) is 7.28. The third-order valence-electron chi connectivity index (χ3n) is 3.62. The molecule has 0 radical (unpaired) electrons. The van der Waals surface area contributed by atoms with Crippen molar-refractivity contribution >= 4 is 0 Å². The van der Waals surface area contributed by atoms with Gasteiger partial charge in [0.15, 0.2) is 0 Å². The average Bonchev–Trinajstić information content (AvgIpc) is 2.27. The Morgan fingerprint density at radius 1 is 1.11 bits per heavy atom. The third-order valence-corrected chi connectivity index (χ3v) is 3.62. The Kier molecular flexibility index (Phi) is 5.57. The molecular formula is C17H30N2. The van der Waals surface area contributed by atoms with Crippen LogP contribution in [0.1, 0.15) is 51.7 Å². The van der Waals surface area contributed by atoms with E-state index >= 15 is 0 Å². The van der Waals surface area contributed by atoms with Gasteiger partial charge in [-0.25, -0.2) is 0 Å². The van der Waals surface area contributed by atoms with Crippen molar-refractivity contribution in [2.45, 2.75) is 58.4 Å². The molecule has 2 nitrogen and oxygen atoms in total. The van der Waals surface area contributed by atoms with Gasteiger partial charge in [-0.05, 0) is 51.3 Å². The molecule has 0 unspecified atom stereocenters. The van der Waals surface area contributed by atoms with Crippen molar-refractivity contribution < 1.29 is 0 Å². The van der Waals surface area contributed by atoms with Crippen LogP contribution in [0.2, 0.25) is 0 Å². The summed E-state index contributed by atoms with van der Waals surface area (Å²) in [6.07, 6.45) is 2.19. The van der Waals surface area contributed by atoms with Crippen molar-refractivity contribution in [3.05, 3.63) is 35.4 Å². The number of rotatable bonds is 7. The summed E-state index contributed by atoms with van der Waals surface area (Å²) in [5, 5.41) is 3.57. The van der Waals surface area contributed by atoms with Gasteiger partial charge >= 0.3 is 0 Å². The first-order valence-corrected chi connectivity index (χ1v) is 7.28. The van der Waals surface area contributed by atoms with E-state index in [9.17, 15) is 0 Å². The number of aryl methyl sites for hydroxylation is 1. The summed E-state index contributed by atoms with van der Waals surface area (Å²) in [6, 6.07) is 8.65. The van der Waals surface area contributed by atoms with Gasteiger partial charge in [0.05, 0.1) is 0 Å². The highest BCUT2D eigenvalue weighted by atomic mass is 14.9. The summed E-state index contributed by atoms with van der Waals surface area (Å²) in [7, 11) is 0. The average molecular weight is 262 g/mol. The van der Waals surface area contributed by atoms with E-state index in [1.54, 1.807) is 0 Å². The lowest BCUT2D eigenvalue weighted by atomic mass is 9.82. The molecule has 0 heterocycles. The Morgan fingerprint density at radius 2 is 1.74 bits per heavy atom. The highest BCUT2D eigenvalue weighted by Gasteiger charge is 2.21. The summed E-state index contributed by atoms with van der Waals surface area (Å²) in [5.74, 6) is 0. The molecule has 19 heavy (non-hydrogen) atoms. The van der Waals surface area contributed by atoms with Gasteiger partial charge in [-0.3, -0.25) is 0 Å². The molecular weight excluding hydrogens is 232 g/mol. The molecule has 1 rings (SSSR count). The van der Waals surface area contributed by atoms with E-state index in [0.717, 1.165) is 25.9 Å². The largest absolute Gasteiger partial charge is 0.326 e. The summed E-state index contributed by atoms with van der Waals surface area (Å²) in [4.78, 5) is 0. The molecule has 0 aliphatic heterocycles. The lowest BCUT2D eigenvalue weighted by molar-refractivity contribution is 0.423. The second-order valence-corrected chi connectivity index (χ2v) is 6.97. The number of hydrogen-bond donors (Lipinski definition) is 2. The lowest BCUT2D eigenvalue weighted by Crippen LogP contribution is -2.36. The zero-order chi connectivity index (χ0) is 14.5. The molecule has 1 aromatic rings. The summed E-state index contributed by atoms with van der Waals surface area (Å²) in [5.41, 5.74) is 8.91. The minimum Gasteiger partial charge on any atom is -0.326 e. The molecule has 0 aliphatic carbocycles. The minimum atomic E-state index is -0.0484. The molecule has 0 aromatic heterocycles. The maximum Gasteiger partial charge on any atom is 0.00975 e. The van der Waals surface area contributed by atoms with Crippen LogP contribution in [0.15, 0.2) is 24.3 Å². The van der Waals surface area contributed by atoms with Gasteiger partial charge in [0.2, 0.25) is 0 Å². The molecule has 0 fully saturated rings. The van der Waals surface area contributed by atoms with E-state index in [0.29, 0.717) is 0 Å². The fourth-order valence-electron chi connectivity index (χ4n) is 2.50. The maximum absolute atomic E-state index is 5.99. The number of benzene rings is 1. The van der Waals surface area contributed by atoms with Crippen LogP contribution >= 0.6 is 0 Å². The highest BCUT2D eigenvalue weighted by molar-refractivity contribution is 5.32. The van der Waals surface area contributed by atoms with Crippen LogP contribution in [0, 0.1) is 6.92 Å². The topological polar surface area (TPSA) is 38.0 Å². The molecule has 0 amide bonds. The molecule has 0 spiro atoms. The Morgan fingerprint density at radius 3 is 2.32 bits per heavy atom. The normalized spacial score (nSPS) is 12.7. The van der Waals surface area contributed by atoms with Crippen LogP contribution in [0.4, 0.5) is 0 Å². The molecule has 0 saturated carbocycles. The van der Waals surface area contributed by atoms with Gasteiger partial charge in [-0.15, -0.1) is 0 Å². The van der Waals surface area contributed by atoms with Crippen molar-refractivity contribution in [3.63, 3.8) is 0 Å². The summed E-state index contributed by atoms with van der Waals surface area (Å²) < 4.78 is 0. The Balaban J connectivity index is 2.42. The van der Waals surface area contributed by atoms with Crippen LogP contribution in [-0.2, 0) is 5.41 Å². The Hall–Kier alpha value is -0.860. The third kappa shape index (κ3) is 5.75.